The van der Waals surface area contributed by atoms with Gasteiger partial charge in [0.25, 0.3) is 0 Å². The van der Waals surface area contributed by atoms with Crippen LogP contribution >= 0.6 is 0 Å². The van der Waals surface area contributed by atoms with Crippen LogP contribution in [0.3, 0.4) is 0 Å². The fourth-order valence-corrected chi connectivity index (χ4v) is 4.23. The van der Waals surface area contributed by atoms with Crippen LogP contribution < -0.4 is 5.73 Å². The third kappa shape index (κ3) is 3.34. The third-order valence-electron chi connectivity index (χ3n) is 5.67. The number of anilines is 1. The minimum atomic E-state index is -0.760. The van der Waals surface area contributed by atoms with E-state index < -0.39 is 11.8 Å². The van der Waals surface area contributed by atoms with E-state index in [0.717, 1.165) is 11.1 Å². The summed E-state index contributed by atoms with van der Waals surface area (Å²) in [7, 11) is 1.23. The van der Waals surface area contributed by atoms with Gasteiger partial charge in [-0.25, -0.2) is 9.18 Å². The lowest BCUT2D eigenvalue weighted by Gasteiger charge is -2.18. The van der Waals surface area contributed by atoms with E-state index in [1.807, 2.05) is 91.0 Å². The number of ether oxygens (including phenoxy) is 1. The Bertz CT molecular complexity index is 1460. The molecule has 0 bridgehead atoms. The number of benzene rings is 4. The van der Waals surface area contributed by atoms with E-state index in [2.05, 4.69) is 0 Å². The fourth-order valence-electron chi connectivity index (χ4n) is 4.23. The van der Waals surface area contributed by atoms with Crippen LogP contribution in [-0.4, -0.2) is 13.1 Å². The molecule has 0 unspecified atom stereocenters. The molecule has 0 amide bonds. The number of nitrogens with two attached hydrogens (primary N) is 1. The summed E-state index contributed by atoms with van der Waals surface area (Å²) in [6.07, 6.45) is 0. The van der Waals surface area contributed by atoms with Crippen LogP contribution in [0, 0.1) is 5.82 Å². The SMILES string of the molecule is COC(=O)c1oc2c(F)c(-c3ccccc3)c(-c3ccccc3)c(-c3ccccc3)c2c1N. The lowest BCUT2D eigenvalue weighted by Crippen LogP contribution is -2.03. The first-order valence-corrected chi connectivity index (χ1v) is 10.4. The molecular weight excluding hydrogens is 417 g/mol. The summed E-state index contributed by atoms with van der Waals surface area (Å²) < 4.78 is 26.8. The number of methoxy groups -OCH3 is 1. The Hall–Kier alpha value is -4.38. The van der Waals surface area contributed by atoms with Crippen LogP contribution in [0.5, 0.6) is 0 Å². The summed E-state index contributed by atoms with van der Waals surface area (Å²) in [5.41, 5.74) is 10.4. The molecule has 0 fully saturated rings. The molecule has 5 heteroatoms. The summed E-state index contributed by atoms with van der Waals surface area (Å²) >= 11 is 0. The molecule has 33 heavy (non-hydrogen) atoms. The van der Waals surface area contributed by atoms with Gasteiger partial charge in [0.15, 0.2) is 11.4 Å². The first-order chi connectivity index (χ1) is 16.1. The number of furan rings is 1. The number of halogens is 1. The minimum absolute atomic E-state index is 0.0476. The van der Waals surface area contributed by atoms with Crippen LogP contribution in [0.15, 0.2) is 95.4 Å². The summed E-state index contributed by atoms with van der Waals surface area (Å²) in [6, 6.07) is 28.4. The number of hydrogen-bond acceptors (Lipinski definition) is 4. The fraction of sp³-hybridized carbons (Fsp3) is 0.0357. The molecule has 0 aliphatic heterocycles. The second-order valence-corrected chi connectivity index (χ2v) is 7.58. The zero-order valence-corrected chi connectivity index (χ0v) is 17.8. The third-order valence-corrected chi connectivity index (χ3v) is 5.67. The number of esters is 1. The molecule has 4 nitrogen and oxygen atoms in total. The smallest absolute Gasteiger partial charge is 0.376 e. The van der Waals surface area contributed by atoms with E-state index in [0.29, 0.717) is 27.6 Å². The van der Waals surface area contributed by atoms with Gasteiger partial charge in [-0.05, 0) is 16.7 Å². The second kappa shape index (κ2) is 8.28. The maximum atomic E-state index is 16.3. The number of carbonyl (C=O) groups excluding carboxylic acids is 1. The monoisotopic (exact) mass is 437 g/mol. The predicted molar refractivity (Wildman–Crippen MR) is 128 cm³/mol. The van der Waals surface area contributed by atoms with Crippen molar-refractivity contribution in [2.75, 3.05) is 12.8 Å². The lowest BCUT2D eigenvalue weighted by atomic mass is 9.85. The van der Waals surface area contributed by atoms with Gasteiger partial charge < -0.3 is 14.9 Å². The number of nitrogen functional groups attached to an aromatic ring is 1. The lowest BCUT2D eigenvalue weighted by molar-refractivity contribution is 0.0569. The van der Waals surface area contributed by atoms with Gasteiger partial charge in [-0.2, -0.15) is 0 Å². The predicted octanol–water partition coefficient (Wildman–Crippen LogP) is 6.94. The Kier molecular flexibility index (Phi) is 5.15. The highest BCUT2D eigenvalue weighted by Gasteiger charge is 2.30. The normalized spacial score (nSPS) is 11.0. The maximum Gasteiger partial charge on any atom is 0.376 e. The van der Waals surface area contributed by atoms with Gasteiger partial charge in [-0.15, -0.1) is 0 Å². The van der Waals surface area contributed by atoms with Gasteiger partial charge in [-0.1, -0.05) is 91.0 Å². The van der Waals surface area contributed by atoms with Crippen molar-refractivity contribution in [3.8, 4) is 33.4 Å². The zero-order valence-electron chi connectivity index (χ0n) is 17.8. The molecule has 1 aromatic heterocycles. The van der Waals surface area contributed by atoms with E-state index in [4.69, 9.17) is 14.9 Å². The highest BCUT2D eigenvalue weighted by molar-refractivity contribution is 6.16. The summed E-state index contributed by atoms with van der Waals surface area (Å²) in [4.78, 5) is 12.4. The van der Waals surface area contributed by atoms with Gasteiger partial charge >= 0.3 is 5.97 Å². The molecule has 0 aliphatic carbocycles. The number of hydrogen-bond donors (Lipinski definition) is 1. The topological polar surface area (TPSA) is 65.5 Å². The Morgan fingerprint density at radius 3 is 1.70 bits per heavy atom. The molecule has 0 atom stereocenters. The van der Waals surface area contributed by atoms with Crippen LogP contribution in [0.1, 0.15) is 10.6 Å². The van der Waals surface area contributed by atoms with Crippen LogP contribution in [0.25, 0.3) is 44.3 Å². The van der Waals surface area contributed by atoms with Crippen molar-refractivity contribution < 1.29 is 18.3 Å². The van der Waals surface area contributed by atoms with Gasteiger partial charge in [0.1, 0.15) is 0 Å². The van der Waals surface area contributed by atoms with E-state index >= 15 is 4.39 Å². The second-order valence-electron chi connectivity index (χ2n) is 7.58. The van der Waals surface area contributed by atoms with Crippen molar-refractivity contribution >= 4 is 22.6 Å². The summed E-state index contributed by atoms with van der Waals surface area (Å²) in [6.45, 7) is 0. The molecule has 0 saturated carbocycles. The highest BCUT2D eigenvalue weighted by Crippen LogP contribution is 2.49. The molecule has 5 aromatic rings. The molecular formula is C28H20FNO3. The van der Waals surface area contributed by atoms with Crippen molar-refractivity contribution in [3.63, 3.8) is 0 Å². The first kappa shape index (κ1) is 20.5. The van der Waals surface area contributed by atoms with Gasteiger partial charge in [-0.3, -0.25) is 0 Å². The molecule has 0 radical (unpaired) electrons. The van der Waals surface area contributed by atoms with E-state index in [9.17, 15) is 4.79 Å². The number of rotatable bonds is 4. The quantitative estimate of drug-likeness (QED) is 0.309. The van der Waals surface area contributed by atoms with Crippen molar-refractivity contribution in [2.45, 2.75) is 0 Å². The summed E-state index contributed by atoms with van der Waals surface area (Å²) in [5, 5.41) is 0.345. The minimum Gasteiger partial charge on any atom is -0.463 e. The molecule has 4 aromatic carbocycles. The zero-order chi connectivity index (χ0) is 22.9. The molecule has 2 N–H and O–H groups in total. The van der Waals surface area contributed by atoms with Crippen molar-refractivity contribution in [2.24, 2.45) is 0 Å². The molecule has 0 spiro atoms. The highest BCUT2D eigenvalue weighted by atomic mass is 19.1. The maximum absolute atomic E-state index is 16.3. The number of fused-ring (bicyclic) bond motifs is 1. The molecule has 1 heterocycles. The standard InChI is InChI=1S/C28H20FNO3/c1-32-28(31)27-25(30)23-21(18-13-7-3-8-14-18)20(17-11-5-2-6-12-17)22(24(29)26(23)33-27)19-15-9-4-10-16-19/h2-16H,30H2,1H3. The largest absolute Gasteiger partial charge is 0.463 e. The van der Waals surface area contributed by atoms with Gasteiger partial charge in [0.05, 0.1) is 18.2 Å². The van der Waals surface area contributed by atoms with Crippen molar-refractivity contribution in [1.82, 2.24) is 0 Å². The first-order valence-electron chi connectivity index (χ1n) is 10.4. The average molecular weight is 437 g/mol. The van der Waals surface area contributed by atoms with Gasteiger partial charge in [0.2, 0.25) is 5.76 Å². The van der Waals surface area contributed by atoms with Crippen molar-refractivity contribution in [3.05, 3.63) is 103 Å². The van der Waals surface area contributed by atoms with E-state index in [1.165, 1.54) is 7.11 Å². The Morgan fingerprint density at radius 1 is 0.758 bits per heavy atom. The molecule has 0 saturated heterocycles. The van der Waals surface area contributed by atoms with E-state index in [-0.39, 0.29) is 17.0 Å². The molecule has 0 aliphatic rings. The van der Waals surface area contributed by atoms with Crippen molar-refractivity contribution in [1.29, 1.82) is 0 Å². The number of carbonyl (C=O) groups is 1. The average Bonchev–Trinajstić information content (AvgIpc) is 3.22. The van der Waals surface area contributed by atoms with E-state index in [1.54, 1.807) is 0 Å². The van der Waals surface area contributed by atoms with Crippen LogP contribution in [0.2, 0.25) is 0 Å². The Labute approximate surface area is 190 Å². The molecule has 5 rings (SSSR count). The van der Waals surface area contributed by atoms with Crippen LogP contribution in [-0.2, 0) is 4.74 Å². The Balaban J connectivity index is 2.04. The summed E-state index contributed by atoms with van der Waals surface area (Å²) in [5.74, 6) is -1.56. The van der Waals surface area contributed by atoms with Gasteiger partial charge in [0, 0.05) is 16.7 Å². The van der Waals surface area contributed by atoms with Crippen LogP contribution in [0.4, 0.5) is 10.1 Å². The Morgan fingerprint density at radius 2 is 1.21 bits per heavy atom. The molecule has 162 valence electrons.